The van der Waals surface area contributed by atoms with Crippen molar-refractivity contribution in [2.75, 3.05) is 47.5 Å². The van der Waals surface area contributed by atoms with E-state index >= 15 is 0 Å². The summed E-state index contributed by atoms with van der Waals surface area (Å²) in [4.78, 5) is 28.8. The summed E-state index contributed by atoms with van der Waals surface area (Å²) < 4.78 is 15.9. The zero-order chi connectivity index (χ0) is 22.7. The van der Waals surface area contributed by atoms with E-state index in [4.69, 9.17) is 14.2 Å². The molecule has 0 atom stereocenters. The summed E-state index contributed by atoms with van der Waals surface area (Å²) in [5.74, 6) is -1.40. The topological polar surface area (TPSA) is 129 Å². The molecular formula is C21H24N2O8. The van der Waals surface area contributed by atoms with E-state index in [0.717, 1.165) is 12.1 Å². The number of benzene rings is 2. The summed E-state index contributed by atoms with van der Waals surface area (Å²) in [7, 11) is 4.41. The molecule has 1 heterocycles. The van der Waals surface area contributed by atoms with E-state index in [-0.39, 0.29) is 37.6 Å². The van der Waals surface area contributed by atoms with Gasteiger partial charge >= 0.3 is 0 Å². The Kier molecular flexibility index (Phi) is 6.28. The van der Waals surface area contributed by atoms with E-state index in [2.05, 4.69) is 0 Å². The number of carbonyl (C=O) groups excluding carboxylic acids is 2. The lowest BCUT2D eigenvalue weighted by atomic mass is 10.1. The number of amides is 2. The Balaban J connectivity index is 1.72. The molecule has 1 fully saturated rings. The van der Waals surface area contributed by atoms with Gasteiger partial charge in [-0.1, -0.05) is 0 Å². The van der Waals surface area contributed by atoms with Crippen LogP contribution in [0.3, 0.4) is 0 Å². The maximum atomic E-state index is 13.0. The number of carbonyl (C=O) groups is 2. The smallest absolute Gasteiger partial charge is 0.254 e. The van der Waals surface area contributed by atoms with Gasteiger partial charge in [-0.3, -0.25) is 9.59 Å². The fourth-order valence-corrected chi connectivity index (χ4v) is 3.41. The van der Waals surface area contributed by atoms with Gasteiger partial charge in [0.05, 0.1) is 21.3 Å². The Bertz CT molecular complexity index is 951. The van der Waals surface area contributed by atoms with Gasteiger partial charge in [0.1, 0.15) is 0 Å². The highest BCUT2D eigenvalue weighted by Gasteiger charge is 2.28. The molecule has 31 heavy (non-hydrogen) atoms. The first-order chi connectivity index (χ1) is 14.8. The summed E-state index contributed by atoms with van der Waals surface area (Å²) in [6.07, 6.45) is 0. The molecule has 1 aliphatic rings. The van der Waals surface area contributed by atoms with Crippen LogP contribution in [-0.4, -0.2) is 84.4 Å². The second-order valence-corrected chi connectivity index (χ2v) is 6.86. The number of nitrogens with zero attached hydrogens (tertiary/aromatic N) is 2. The van der Waals surface area contributed by atoms with Crippen molar-refractivity contribution in [3.05, 3.63) is 35.4 Å². The van der Waals surface area contributed by atoms with Crippen molar-refractivity contribution in [1.29, 1.82) is 0 Å². The fourth-order valence-electron chi connectivity index (χ4n) is 3.41. The minimum atomic E-state index is -0.683. The Morgan fingerprint density at radius 1 is 0.710 bits per heavy atom. The minimum absolute atomic E-state index is 0.0391. The van der Waals surface area contributed by atoms with Gasteiger partial charge in [0.2, 0.25) is 5.75 Å². The molecule has 0 saturated carbocycles. The number of phenolic OH excluding ortho intramolecular Hbond substituents is 3. The summed E-state index contributed by atoms with van der Waals surface area (Å²) in [6.45, 7) is 1.10. The molecule has 3 N–H and O–H groups in total. The van der Waals surface area contributed by atoms with Gasteiger partial charge in [-0.25, -0.2) is 0 Å². The number of hydrogen-bond donors (Lipinski definition) is 3. The Morgan fingerprint density at radius 3 is 1.45 bits per heavy atom. The van der Waals surface area contributed by atoms with Gasteiger partial charge in [-0.2, -0.15) is 0 Å². The Labute approximate surface area is 178 Å². The molecule has 10 nitrogen and oxygen atoms in total. The van der Waals surface area contributed by atoms with Crippen LogP contribution in [0.4, 0.5) is 0 Å². The van der Waals surface area contributed by atoms with Crippen LogP contribution in [0.1, 0.15) is 20.7 Å². The molecule has 0 radical (unpaired) electrons. The quantitative estimate of drug-likeness (QED) is 0.605. The van der Waals surface area contributed by atoms with Crippen LogP contribution in [-0.2, 0) is 0 Å². The van der Waals surface area contributed by atoms with E-state index in [1.54, 1.807) is 17.0 Å². The van der Waals surface area contributed by atoms with Crippen molar-refractivity contribution < 1.29 is 39.1 Å². The van der Waals surface area contributed by atoms with Crippen molar-refractivity contribution in [1.82, 2.24) is 9.80 Å². The molecule has 2 amide bonds. The number of phenols is 3. The van der Waals surface area contributed by atoms with E-state index in [1.165, 1.54) is 26.2 Å². The average molecular weight is 432 g/mol. The summed E-state index contributed by atoms with van der Waals surface area (Å²) in [5, 5.41) is 28.7. The number of methoxy groups -OCH3 is 3. The summed E-state index contributed by atoms with van der Waals surface area (Å²) in [5.41, 5.74) is 0.403. The fraction of sp³-hybridized carbons (Fsp3) is 0.333. The van der Waals surface area contributed by atoms with E-state index in [1.807, 2.05) is 0 Å². The Morgan fingerprint density at radius 2 is 1.10 bits per heavy atom. The van der Waals surface area contributed by atoms with Gasteiger partial charge in [-0.05, 0) is 24.3 Å². The highest BCUT2D eigenvalue weighted by atomic mass is 16.5. The molecule has 10 heteroatoms. The molecule has 0 unspecified atom stereocenters. The van der Waals surface area contributed by atoms with Crippen molar-refractivity contribution in [3.63, 3.8) is 0 Å². The zero-order valence-electron chi connectivity index (χ0n) is 17.4. The second-order valence-electron chi connectivity index (χ2n) is 6.86. The highest BCUT2D eigenvalue weighted by molar-refractivity contribution is 5.97. The predicted molar refractivity (Wildman–Crippen MR) is 109 cm³/mol. The van der Waals surface area contributed by atoms with Gasteiger partial charge < -0.3 is 39.3 Å². The first-order valence-electron chi connectivity index (χ1n) is 9.44. The number of ether oxygens (including phenoxy) is 3. The monoisotopic (exact) mass is 432 g/mol. The van der Waals surface area contributed by atoms with Crippen molar-refractivity contribution >= 4 is 11.8 Å². The van der Waals surface area contributed by atoms with Crippen LogP contribution in [0.15, 0.2) is 24.3 Å². The molecule has 0 aromatic heterocycles. The molecule has 2 aromatic carbocycles. The van der Waals surface area contributed by atoms with Crippen LogP contribution < -0.4 is 14.2 Å². The summed E-state index contributed by atoms with van der Waals surface area (Å²) in [6, 6.07) is 5.32. The van der Waals surface area contributed by atoms with Gasteiger partial charge in [0, 0.05) is 37.3 Å². The van der Waals surface area contributed by atoms with Gasteiger partial charge in [-0.15, -0.1) is 0 Å². The molecular weight excluding hydrogens is 408 g/mol. The maximum absolute atomic E-state index is 13.0. The van der Waals surface area contributed by atoms with E-state index < -0.39 is 23.2 Å². The van der Waals surface area contributed by atoms with Crippen LogP contribution >= 0.6 is 0 Å². The third-order valence-electron chi connectivity index (χ3n) is 5.08. The molecule has 0 bridgehead atoms. The molecule has 0 spiro atoms. The first-order valence-corrected chi connectivity index (χ1v) is 9.44. The lowest BCUT2D eigenvalue weighted by Gasteiger charge is -2.35. The SMILES string of the molecule is COc1cc(C(=O)N2CCN(C(=O)c3cc(O)c(O)c(O)c3)CC2)cc(OC)c1OC. The second kappa shape index (κ2) is 8.90. The van der Waals surface area contributed by atoms with Crippen molar-refractivity contribution in [3.8, 4) is 34.5 Å². The number of rotatable bonds is 5. The average Bonchev–Trinajstić information content (AvgIpc) is 2.80. The molecule has 0 aliphatic carbocycles. The Hall–Kier alpha value is -3.82. The third kappa shape index (κ3) is 4.23. The van der Waals surface area contributed by atoms with E-state index in [0.29, 0.717) is 22.8 Å². The molecule has 1 aliphatic heterocycles. The largest absolute Gasteiger partial charge is 0.504 e. The van der Waals surface area contributed by atoms with Gasteiger partial charge in [0.15, 0.2) is 28.7 Å². The number of hydrogen-bond acceptors (Lipinski definition) is 8. The van der Waals surface area contributed by atoms with Crippen LogP contribution in [0.2, 0.25) is 0 Å². The lowest BCUT2D eigenvalue weighted by Crippen LogP contribution is -2.50. The van der Waals surface area contributed by atoms with Crippen LogP contribution in [0.25, 0.3) is 0 Å². The minimum Gasteiger partial charge on any atom is -0.504 e. The molecule has 2 aromatic rings. The van der Waals surface area contributed by atoms with Crippen LogP contribution in [0.5, 0.6) is 34.5 Å². The maximum Gasteiger partial charge on any atom is 0.254 e. The summed E-state index contributed by atoms with van der Waals surface area (Å²) >= 11 is 0. The zero-order valence-corrected chi connectivity index (χ0v) is 17.4. The van der Waals surface area contributed by atoms with E-state index in [9.17, 15) is 24.9 Å². The van der Waals surface area contributed by atoms with Gasteiger partial charge in [0.25, 0.3) is 11.8 Å². The standard InChI is InChI=1S/C21H24N2O8/c1-29-16-10-13(11-17(30-2)19(16)31-3)21(28)23-6-4-22(5-7-23)20(27)12-8-14(24)18(26)15(25)9-12/h8-11,24-26H,4-7H2,1-3H3. The molecule has 166 valence electrons. The highest BCUT2D eigenvalue weighted by Crippen LogP contribution is 2.39. The molecule has 1 saturated heterocycles. The predicted octanol–water partition coefficient (Wildman–Crippen LogP) is 1.43. The normalized spacial score (nSPS) is 13.6. The first kappa shape index (κ1) is 21.9. The molecule has 3 rings (SSSR count). The van der Waals surface area contributed by atoms with Crippen molar-refractivity contribution in [2.24, 2.45) is 0 Å². The van der Waals surface area contributed by atoms with Crippen LogP contribution in [0, 0.1) is 0 Å². The number of aromatic hydroxyl groups is 3. The number of piperazine rings is 1. The third-order valence-corrected chi connectivity index (χ3v) is 5.08. The lowest BCUT2D eigenvalue weighted by molar-refractivity contribution is 0.0534. The van der Waals surface area contributed by atoms with Crippen molar-refractivity contribution in [2.45, 2.75) is 0 Å².